The molecule has 1 unspecified atom stereocenters. The summed E-state index contributed by atoms with van der Waals surface area (Å²) in [7, 11) is 0. The summed E-state index contributed by atoms with van der Waals surface area (Å²) in [6.07, 6.45) is 14.9. The summed E-state index contributed by atoms with van der Waals surface area (Å²) in [5.74, 6) is -1.04. The van der Waals surface area contributed by atoms with E-state index in [1.807, 2.05) is 59.8 Å². The fraction of sp³-hybridized carbons (Fsp3) is 0.710. The Morgan fingerprint density at radius 3 is 2.30 bits per heavy atom. The number of hydrogen-bond donors (Lipinski definition) is 4. The molecule has 37 heavy (non-hydrogen) atoms. The van der Waals surface area contributed by atoms with Crippen LogP contribution >= 0.6 is 0 Å². The number of aliphatic hydroxyl groups excluding tert-OH is 4. The lowest BCUT2D eigenvalue weighted by molar-refractivity contribution is -0.150. The van der Waals surface area contributed by atoms with Gasteiger partial charge in [-0.05, 0) is 25.2 Å². The molecule has 0 fully saturated rings. The van der Waals surface area contributed by atoms with Gasteiger partial charge in [0.25, 0.3) is 0 Å². The maximum absolute atomic E-state index is 12.6. The third-order valence-electron chi connectivity index (χ3n) is 7.59. The minimum atomic E-state index is -0.816. The van der Waals surface area contributed by atoms with Crippen LogP contribution in [0.1, 0.15) is 80.1 Å². The first-order valence-corrected chi connectivity index (χ1v) is 14.1. The van der Waals surface area contributed by atoms with Gasteiger partial charge in [0.15, 0.2) is 0 Å². The number of esters is 1. The van der Waals surface area contributed by atoms with Crippen LogP contribution in [0.4, 0.5) is 0 Å². The molecule has 212 valence electrons. The van der Waals surface area contributed by atoms with Gasteiger partial charge in [0.05, 0.1) is 24.4 Å². The van der Waals surface area contributed by atoms with Gasteiger partial charge < -0.3 is 25.2 Å². The maximum Gasteiger partial charge on any atom is 0.331 e. The highest BCUT2D eigenvalue weighted by Gasteiger charge is 2.30. The summed E-state index contributed by atoms with van der Waals surface area (Å²) in [6, 6.07) is 0. The van der Waals surface area contributed by atoms with E-state index in [1.54, 1.807) is 24.3 Å². The molecule has 0 aromatic heterocycles. The van der Waals surface area contributed by atoms with E-state index >= 15 is 0 Å². The smallest absolute Gasteiger partial charge is 0.331 e. The van der Waals surface area contributed by atoms with Gasteiger partial charge in [-0.3, -0.25) is 0 Å². The predicted octanol–water partition coefficient (Wildman–Crippen LogP) is 5.12. The van der Waals surface area contributed by atoms with E-state index in [-0.39, 0.29) is 36.0 Å². The van der Waals surface area contributed by atoms with Crippen molar-refractivity contribution < 1.29 is 30.0 Å². The Morgan fingerprint density at radius 1 is 0.946 bits per heavy atom. The number of cyclic esters (lactones) is 1. The molecule has 10 atom stereocenters. The van der Waals surface area contributed by atoms with Crippen molar-refractivity contribution in [1.29, 1.82) is 0 Å². The van der Waals surface area contributed by atoms with Gasteiger partial charge in [0.1, 0.15) is 6.10 Å². The average molecular weight is 521 g/mol. The second kappa shape index (κ2) is 17.7. The highest BCUT2D eigenvalue weighted by Crippen LogP contribution is 2.26. The molecule has 0 amide bonds. The lowest BCUT2D eigenvalue weighted by Crippen LogP contribution is -2.37. The van der Waals surface area contributed by atoms with Crippen LogP contribution in [0.5, 0.6) is 0 Å². The van der Waals surface area contributed by atoms with Crippen LogP contribution in [0.15, 0.2) is 48.6 Å². The Bertz CT molecular complexity index is 757. The summed E-state index contributed by atoms with van der Waals surface area (Å²) in [5.41, 5.74) is 0. The fourth-order valence-corrected chi connectivity index (χ4v) is 4.78. The molecule has 0 aromatic carbocycles. The van der Waals surface area contributed by atoms with E-state index in [0.717, 1.165) is 25.7 Å². The third kappa shape index (κ3) is 12.6. The van der Waals surface area contributed by atoms with Crippen LogP contribution in [-0.4, -0.2) is 56.9 Å². The summed E-state index contributed by atoms with van der Waals surface area (Å²) in [4.78, 5) is 12.6. The second-order valence-corrected chi connectivity index (χ2v) is 11.0. The number of aliphatic hydroxyl groups is 4. The molecular formula is C31H52O6. The van der Waals surface area contributed by atoms with Gasteiger partial charge in [-0.15, -0.1) is 0 Å². The number of allylic oxidation sites excluding steroid dienone is 3. The van der Waals surface area contributed by atoms with E-state index in [4.69, 9.17) is 4.74 Å². The molecule has 1 aliphatic heterocycles. The normalized spacial score (nSPS) is 39.6. The summed E-state index contributed by atoms with van der Waals surface area (Å²) < 4.78 is 5.82. The van der Waals surface area contributed by atoms with Crippen molar-refractivity contribution in [3.63, 3.8) is 0 Å². The zero-order chi connectivity index (χ0) is 28.0. The Balaban J connectivity index is 3.09. The third-order valence-corrected chi connectivity index (χ3v) is 7.59. The van der Waals surface area contributed by atoms with Crippen molar-refractivity contribution in [1.82, 2.24) is 0 Å². The van der Waals surface area contributed by atoms with E-state index in [9.17, 15) is 25.2 Å². The minimum Gasteiger partial charge on any atom is -0.458 e. The van der Waals surface area contributed by atoms with Crippen LogP contribution in [0.2, 0.25) is 0 Å². The molecule has 6 heteroatoms. The first-order valence-electron chi connectivity index (χ1n) is 14.1. The maximum atomic E-state index is 12.6. The van der Waals surface area contributed by atoms with Crippen LogP contribution in [0.3, 0.4) is 0 Å². The second-order valence-electron chi connectivity index (χ2n) is 11.0. The summed E-state index contributed by atoms with van der Waals surface area (Å²) in [5, 5.41) is 42.4. The molecule has 4 N–H and O–H groups in total. The average Bonchev–Trinajstić information content (AvgIpc) is 2.87. The first-order chi connectivity index (χ1) is 17.5. The monoisotopic (exact) mass is 520 g/mol. The molecule has 0 spiro atoms. The van der Waals surface area contributed by atoms with Gasteiger partial charge in [0.2, 0.25) is 0 Å². The molecular weight excluding hydrogens is 468 g/mol. The highest BCUT2D eigenvalue weighted by atomic mass is 16.5. The number of hydrogen-bond acceptors (Lipinski definition) is 6. The van der Waals surface area contributed by atoms with Gasteiger partial charge in [-0.1, -0.05) is 96.9 Å². The molecule has 0 aliphatic carbocycles. The highest BCUT2D eigenvalue weighted by molar-refractivity contribution is 5.82. The number of ether oxygens (including phenoxy) is 1. The molecule has 0 aromatic rings. The lowest BCUT2D eigenvalue weighted by Gasteiger charge is -2.31. The summed E-state index contributed by atoms with van der Waals surface area (Å²) in [6.45, 7) is 11.8. The van der Waals surface area contributed by atoms with Crippen molar-refractivity contribution in [2.45, 2.75) is 111 Å². The van der Waals surface area contributed by atoms with Crippen LogP contribution in [0.25, 0.3) is 0 Å². The zero-order valence-corrected chi connectivity index (χ0v) is 23.7. The van der Waals surface area contributed by atoms with Crippen molar-refractivity contribution >= 4 is 5.97 Å². The van der Waals surface area contributed by atoms with E-state index in [1.165, 1.54) is 6.08 Å². The number of rotatable bonds is 3. The Labute approximate surface area is 224 Å². The molecule has 0 saturated carbocycles. The molecule has 0 saturated heterocycles. The summed E-state index contributed by atoms with van der Waals surface area (Å²) >= 11 is 0. The molecule has 0 bridgehead atoms. The quantitative estimate of drug-likeness (QED) is 0.304. The standard InChI is InChI=1S/C31H52O6/c1-7-8-13-24(5)31-25(6)27(33)16-11-9-15-22(3)30(36)23(4)18-19-26(32)20-28(34)21(2)14-10-12-17-29(35)37-31/h8,10,12-14,17-19,21-28,30-34,36H,7,9,11,15-16,20H2,1-6H3/b13-8-,14-10+,17-12-,19-18-/t21-,22-,23-,24-,25-,26?,27+,28-,30+,31-/m0/s1. The zero-order valence-electron chi connectivity index (χ0n) is 23.7. The minimum absolute atomic E-state index is 0.0469. The van der Waals surface area contributed by atoms with E-state index < -0.39 is 36.5 Å². The fourth-order valence-electron chi connectivity index (χ4n) is 4.78. The predicted molar refractivity (Wildman–Crippen MR) is 150 cm³/mol. The van der Waals surface area contributed by atoms with Crippen molar-refractivity contribution in [3.05, 3.63) is 48.6 Å². The van der Waals surface area contributed by atoms with Crippen LogP contribution in [0, 0.1) is 29.6 Å². The van der Waals surface area contributed by atoms with Crippen molar-refractivity contribution in [2.24, 2.45) is 29.6 Å². The van der Waals surface area contributed by atoms with Gasteiger partial charge >= 0.3 is 5.97 Å². The van der Waals surface area contributed by atoms with Crippen molar-refractivity contribution in [3.8, 4) is 0 Å². The van der Waals surface area contributed by atoms with Crippen LogP contribution in [-0.2, 0) is 9.53 Å². The molecule has 6 nitrogen and oxygen atoms in total. The SMILES string of the molecule is CC/C=C\[C@H](C)[C@@H]1OC(=O)/C=C\C=C\[C@H](C)[C@@H](O)CC(O)/C=C\[C@H](C)[C@H](O)[C@@H](C)CCCC[C@@H](O)[C@@H]1C. The Kier molecular flexibility index (Phi) is 15.9. The topological polar surface area (TPSA) is 107 Å². The molecule has 1 rings (SSSR count). The number of carbonyl (C=O) groups excluding carboxylic acids is 1. The van der Waals surface area contributed by atoms with Crippen molar-refractivity contribution in [2.75, 3.05) is 0 Å². The number of carbonyl (C=O) groups is 1. The van der Waals surface area contributed by atoms with Crippen LogP contribution < -0.4 is 0 Å². The van der Waals surface area contributed by atoms with E-state index in [2.05, 4.69) is 0 Å². The van der Waals surface area contributed by atoms with E-state index in [0.29, 0.717) is 6.42 Å². The molecule has 1 heterocycles. The first kappa shape index (κ1) is 33.3. The largest absolute Gasteiger partial charge is 0.458 e. The van der Waals surface area contributed by atoms with Gasteiger partial charge in [-0.25, -0.2) is 4.79 Å². The Morgan fingerprint density at radius 2 is 1.62 bits per heavy atom. The van der Waals surface area contributed by atoms with Gasteiger partial charge in [-0.2, -0.15) is 0 Å². The molecule has 0 radical (unpaired) electrons. The Hall–Kier alpha value is -1.73. The molecule has 1 aliphatic rings. The van der Waals surface area contributed by atoms with Gasteiger partial charge in [0, 0.05) is 36.2 Å². The lowest BCUT2D eigenvalue weighted by atomic mass is 9.85.